The van der Waals surface area contributed by atoms with Crippen molar-refractivity contribution in [2.24, 2.45) is 0 Å². The molecule has 50 heavy (non-hydrogen) atoms. The first kappa shape index (κ1) is 35.4. The van der Waals surface area contributed by atoms with E-state index in [-0.39, 0.29) is 24.9 Å². The van der Waals surface area contributed by atoms with E-state index in [9.17, 15) is 19.2 Å². The SMILES string of the molecule is CN1CC(CCN2CCCCC2)(OC(=O)/C=C/C(=O)OC2(CCN3CCCCC3)CN(C)C(=O)c3ccccc3O2)Oc2ccccc2C1=O. The highest BCUT2D eigenvalue weighted by Gasteiger charge is 2.45. The summed E-state index contributed by atoms with van der Waals surface area (Å²) in [6, 6.07) is 13.8. The molecule has 2 aromatic rings. The van der Waals surface area contributed by atoms with Crippen LogP contribution in [-0.4, -0.2) is 121 Å². The van der Waals surface area contributed by atoms with Crippen LogP contribution in [0.25, 0.3) is 0 Å². The summed E-state index contributed by atoms with van der Waals surface area (Å²) in [5, 5.41) is 0. The Balaban J connectivity index is 1.20. The molecule has 2 atom stereocenters. The third-order valence-electron chi connectivity index (χ3n) is 9.92. The predicted octanol–water partition coefficient (Wildman–Crippen LogP) is 4.10. The van der Waals surface area contributed by atoms with Gasteiger partial charge in [-0.3, -0.25) is 9.59 Å². The molecule has 0 saturated carbocycles. The van der Waals surface area contributed by atoms with Gasteiger partial charge in [-0.05, 0) is 76.1 Å². The summed E-state index contributed by atoms with van der Waals surface area (Å²) in [5.74, 6) is -4.43. The lowest BCUT2D eigenvalue weighted by molar-refractivity contribution is -0.201. The number of para-hydroxylation sites is 2. The van der Waals surface area contributed by atoms with Gasteiger partial charge in [0.15, 0.2) is 0 Å². The fourth-order valence-electron chi connectivity index (χ4n) is 7.27. The number of likely N-dealkylation sites (N-methyl/N-ethyl adjacent to an activating group) is 2. The van der Waals surface area contributed by atoms with Gasteiger partial charge in [0.2, 0.25) is 0 Å². The Kier molecular flexibility index (Phi) is 11.1. The number of nitrogens with zero attached hydrogens (tertiary/aromatic N) is 4. The standard InChI is InChI=1S/C38H48N4O8/c1-39-27-37(19-25-41-21-9-3-10-22-41,47-31-15-7-5-13-29(31)35(39)45)49-33(43)17-18-34(44)50-38(20-26-42-23-11-4-12-24-42)28-40(2)36(46)30-14-6-8-16-32(30)48-38/h5-8,13-18H,3-4,9-12,19-28H2,1-2H3/b18-17+. The van der Waals surface area contributed by atoms with Crippen molar-refractivity contribution in [2.45, 2.75) is 62.9 Å². The lowest BCUT2D eigenvalue weighted by Gasteiger charge is -2.37. The number of esters is 2. The van der Waals surface area contributed by atoms with Crippen LogP contribution in [-0.2, 0) is 19.1 Å². The highest BCUT2D eigenvalue weighted by atomic mass is 16.7. The van der Waals surface area contributed by atoms with Crippen LogP contribution in [0.2, 0.25) is 0 Å². The maximum absolute atomic E-state index is 13.5. The number of ether oxygens (including phenoxy) is 4. The zero-order valence-corrected chi connectivity index (χ0v) is 29.1. The fraction of sp³-hybridized carbons (Fsp3) is 0.526. The van der Waals surface area contributed by atoms with Gasteiger partial charge in [0.05, 0.1) is 24.2 Å². The second-order valence-corrected chi connectivity index (χ2v) is 13.8. The largest absolute Gasteiger partial charge is 0.449 e. The molecule has 268 valence electrons. The van der Waals surface area contributed by atoms with E-state index in [1.807, 2.05) is 0 Å². The van der Waals surface area contributed by atoms with E-state index >= 15 is 0 Å². The number of piperidine rings is 2. The minimum atomic E-state index is -1.49. The zero-order chi connectivity index (χ0) is 35.1. The highest BCUT2D eigenvalue weighted by Crippen LogP contribution is 2.34. The monoisotopic (exact) mass is 688 g/mol. The molecule has 2 saturated heterocycles. The van der Waals surface area contributed by atoms with Crippen LogP contribution in [0, 0.1) is 0 Å². The van der Waals surface area contributed by atoms with Crippen LogP contribution >= 0.6 is 0 Å². The Bertz CT molecular complexity index is 1470. The predicted molar refractivity (Wildman–Crippen MR) is 185 cm³/mol. The molecule has 0 radical (unpaired) electrons. The Morgan fingerprint density at radius 3 is 1.42 bits per heavy atom. The molecule has 0 aliphatic carbocycles. The Morgan fingerprint density at radius 2 is 1.02 bits per heavy atom. The van der Waals surface area contributed by atoms with E-state index < -0.39 is 23.5 Å². The number of hydrogen-bond acceptors (Lipinski definition) is 10. The molecule has 6 rings (SSSR count). The number of benzene rings is 2. The summed E-state index contributed by atoms with van der Waals surface area (Å²) in [7, 11) is 3.31. The van der Waals surface area contributed by atoms with Crippen molar-refractivity contribution in [1.82, 2.24) is 19.6 Å². The second-order valence-electron chi connectivity index (χ2n) is 13.8. The average Bonchev–Trinajstić information content (AvgIpc) is 3.30. The maximum atomic E-state index is 13.5. The van der Waals surface area contributed by atoms with Crippen molar-refractivity contribution in [3.63, 3.8) is 0 Å². The van der Waals surface area contributed by atoms with Gasteiger partial charge in [0.25, 0.3) is 23.4 Å². The van der Waals surface area contributed by atoms with Crippen LogP contribution in [0.3, 0.4) is 0 Å². The highest BCUT2D eigenvalue weighted by molar-refractivity contribution is 5.98. The lowest BCUT2D eigenvalue weighted by atomic mass is 10.1. The summed E-state index contributed by atoms with van der Waals surface area (Å²) >= 11 is 0. The van der Waals surface area contributed by atoms with Crippen LogP contribution in [0.1, 0.15) is 72.1 Å². The normalized spacial score (nSPS) is 24.8. The smallest absolute Gasteiger partial charge is 0.334 e. The third-order valence-corrected chi connectivity index (χ3v) is 9.92. The van der Waals surface area contributed by atoms with Crippen molar-refractivity contribution in [1.29, 1.82) is 0 Å². The summed E-state index contributed by atoms with van der Waals surface area (Å²) in [5.41, 5.74) is 0.765. The number of likely N-dealkylation sites (tertiary alicyclic amines) is 2. The lowest BCUT2D eigenvalue weighted by Crippen LogP contribution is -2.51. The minimum absolute atomic E-state index is 0.00556. The number of carbonyl (C=O) groups is 4. The molecule has 2 unspecified atom stereocenters. The Morgan fingerprint density at radius 1 is 0.640 bits per heavy atom. The van der Waals surface area contributed by atoms with Crippen molar-refractivity contribution in [3.8, 4) is 11.5 Å². The van der Waals surface area contributed by atoms with Gasteiger partial charge in [-0.2, -0.15) is 0 Å². The Labute approximate surface area is 293 Å². The minimum Gasteiger partial charge on any atom is -0.449 e. The van der Waals surface area contributed by atoms with E-state index in [1.165, 1.54) is 22.6 Å². The van der Waals surface area contributed by atoms with Gasteiger partial charge >= 0.3 is 11.9 Å². The molecule has 2 fully saturated rings. The Hall–Kier alpha value is -4.42. The van der Waals surface area contributed by atoms with Crippen LogP contribution in [0.5, 0.6) is 11.5 Å². The van der Waals surface area contributed by atoms with Gasteiger partial charge in [0.1, 0.15) is 11.5 Å². The third kappa shape index (κ3) is 8.47. The second kappa shape index (κ2) is 15.6. The van der Waals surface area contributed by atoms with Crippen molar-refractivity contribution >= 4 is 23.8 Å². The molecule has 4 aliphatic heterocycles. The molecule has 4 heterocycles. The molecule has 0 N–H and O–H groups in total. The fourth-order valence-corrected chi connectivity index (χ4v) is 7.27. The summed E-state index contributed by atoms with van der Waals surface area (Å²) in [6.07, 6.45) is 9.42. The van der Waals surface area contributed by atoms with E-state index in [4.69, 9.17) is 18.9 Å². The molecule has 2 amide bonds. The van der Waals surface area contributed by atoms with Crippen molar-refractivity contribution in [2.75, 3.05) is 66.5 Å². The zero-order valence-electron chi connectivity index (χ0n) is 29.1. The summed E-state index contributed by atoms with van der Waals surface area (Å²) < 4.78 is 24.9. The van der Waals surface area contributed by atoms with Crippen molar-refractivity contribution < 1.29 is 38.1 Å². The van der Waals surface area contributed by atoms with Gasteiger partial charge in [-0.15, -0.1) is 0 Å². The molecule has 0 bridgehead atoms. The molecule has 12 heteroatoms. The molecule has 0 aromatic heterocycles. The van der Waals surface area contributed by atoms with Crippen LogP contribution < -0.4 is 9.47 Å². The number of rotatable bonds is 10. The first-order valence-corrected chi connectivity index (χ1v) is 17.8. The van der Waals surface area contributed by atoms with Gasteiger partial charge in [0, 0.05) is 52.2 Å². The average molecular weight is 689 g/mol. The molecule has 0 spiro atoms. The van der Waals surface area contributed by atoms with Gasteiger partial charge in [-0.1, -0.05) is 37.1 Å². The number of carbonyl (C=O) groups excluding carboxylic acids is 4. The van der Waals surface area contributed by atoms with Crippen LogP contribution in [0.4, 0.5) is 0 Å². The molecule has 2 aromatic carbocycles. The summed E-state index contributed by atoms with van der Waals surface area (Å²) in [6.45, 7) is 4.97. The van der Waals surface area contributed by atoms with E-state index in [0.29, 0.717) is 48.6 Å². The van der Waals surface area contributed by atoms with E-state index in [0.717, 1.165) is 64.0 Å². The first-order valence-electron chi connectivity index (χ1n) is 17.8. The maximum Gasteiger partial charge on any atom is 0.334 e. The number of hydrogen-bond donors (Lipinski definition) is 0. The van der Waals surface area contributed by atoms with Gasteiger partial charge < -0.3 is 38.5 Å². The number of fused-ring (bicyclic) bond motifs is 2. The topological polar surface area (TPSA) is 118 Å². The molecule has 4 aliphatic rings. The first-order chi connectivity index (χ1) is 24.1. The van der Waals surface area contributed by atoms with Crippen LogP contribution in [0.15, 0.2) is 60.7 Å². The number of amides is 2. The van der Waals surface area contributed by atoms with Gasteiger partial charge in [-0.25, -0.2) is 9.59 Å². The van der Waals surface area contributed by atoms with E-state index in [1.54, 1.807) is 62.6 Å². The molecular weight excluding hydrogens is 640 g/mol. The van der Waals surface area contributed by atoms with E-state index in [2.05, 4.69) is 9.80 Å². The summed E-state index contributed by atoms with van der Waals surface area (Å²) in [4.78, 5) is 61.1. The molecular formula is C38H48N4O8. The quantitative estimate of drug-likeness (QED) is 0.267. The molecule has 12 nitrogen and oxygen atoms in total. The van der Waals surface area contributed by atoms with Crippen molar-refractivity contribution in [3.05, 3.63) is 71.8 Å².